The topological polar surface area (TPSA) is 80.2 Å². The molecule has 154 valence electrons. The Morgan fingerprint density at radius 1 is 1.20 bits per heavy atom. The van der Waals surface area contributed by atoms with E-state index in [9.17, 15) is 9.18 Å². The summed E-state index contributed by atoms with van der Waals surface area (Å²) in [6.45, 7) is -0.0964. The van der Waals surface area contributed by atoms with E-state index < -0.39 is 11.8 Å². The number of benzene rings is 3. The average Bonchev–Trinajstić information content (AvgIpc) is 2.74. The lowest BCUT2D eigenvalue weighted by Gasteiger charge is -2.14. The minimum absolute atomic E-state index is 0.0964. The molecule has 6 nitrogen and oxygen atoms in total. The fraction of sp³-hybridized carbons (Fsp3) is 0.0909. The number of hydrogen-bond donors (Lipinski definition) is 2. The van der Waals surface area contributed by atoms with Crippen molar-refractivity contribution < 1.29 is 23.8 Å². The van der Waals surface area contributed by atoms with E-state index in [0.29, 0.717) is 22.7 Å². The van der Waals surface area contributed by atoms with Gasteiger partial charge in [0.05, 0.1) is 29.6 Å². The van der Waals surface area contributed by atoms with Gasteiger partial charge in [-0.3, -0.25) is 5.43 Å². The van der Waals surface area contributed by atoms with E-state index in [-0.39, 0.29) is 22.8 Å². The highest BCUT2D eigenvalue weighted by molar-refractivity contribution is 6.31. The summed E-state index contributed by atoms with van der Waals surface area (Å²) in [6.07, 6.45) is 1.49. The van der Waals surface area contributed by atoms with Crippen molar-refractivity contribution >= 4 is 29.5 Å². The second-order valence-corrected chi connectivity index (χ2v) is 6.53. The molecule has 0 unspecified atom stereocenters. The summed E-state index contributed by atoms with van der Waals surface area (Å²) in [4.78, 5) is 11.1. The van der Waals surface area contributed by atoms with Crippen molar-refractivity contribution in [2.75, 3.05) is 12.5 Å². The first kappa shape index (κ1) is 21.1. The maximum atomic E-state index is 14.0. The number of hydrogen-bond acceptors (Lipinski definition) is 5. The molecule has 0 spiro atoms. The highest BCUT2D eigenvalue weighted by Crippen LogP contribution is 2.32. The highest BCUT2D eigenvalue weighted by Gasteiger charge is 2.13. The molecule has 3 aromatic carbocycles. The molecule has 0 fully saturated rings. The number of halogens is 2. The van der Waals surface area contributed by atoms with Crippen LogP contribution >= 0.6 is 11.6 Å². The second-order valence-electron chi connectivity index (χ2n) is 6.12. The number of aromatic carboxylic acids is 1. The zero-order chi connectivity index (χ0) is 21.5. The van der Waals surface area contributed by atoms with E-state index in [2.05, 4.69) is 10.5 Å². The van der Waals surface area contributed by atoms with E-state index in [4.69, 9.17) is 26.2 Å². The van der Waals surface area contributed by atoms with Crippen molar-refractivity contribution in [1.82, 2.24) is 0 Å². The number of carboxylic acids is 1. The Bertz CT molecular complexity index is 1070. The minimum Gasteiger partial charge on any atom is -0.493 e. The molecule has 0 aliphatic rings. The predicted molar refractivity (Wildman–Crippen MR) is 113 cm³/mol. The monoisotopic (exact) mass is 428 g/mol. The summed E-state index contributed by atoms with van der Waals surface area (Å²) in [7, 11) is 1.49. The first-order chi connectivity index (χ1) is 14.5. The predicted octanol–water partition coefficient (Wildman–Crippen LogP) is 5.21. The van der Waals surface area contributed by atoms with Crippen molar-refractivity contribution in [3.63, 3.8) is 0 Å². The molecule has 0 heterocycles. The quantitative estimate of drug-likeness (QED) is 0.380. The normalized spacial score (nSPS) is 10.8. The van der Waals surface area contributed by atoms with Gasteiger partial charge < -0.3 is 14.6 Å². The number of anilines is 1. The largest absolute Gasteiger partial charge is 0.493 e. The lowest BCUT2D eigenvalue weighted by molar-refractivity contribution is 0.0697. The SMILES string of the molecule is COc1cccc(C=NNc2cccc(C(=O)O)c2)c1OCc1c(F)cccc1Cl. The molecule has 2 N–H and O–H groups in total. The summed E-state index contributed by atoms with van der Waals surface area (Å²) in [5.74, 6) is -0.686. The summed E-state index contributed by atoms with van der Waals surface area (Å²) >= 11 is 6.07. The highest BCUT2D eigenvalue weighted by atomic mass is 35.5. The van der Waals surface area contributed by atoms with Gasteiger partial charge in [-0.05, 0) is 42.5 Å². The third-order valence-electron chi connectivity index (χ3n) is 4.16. The molecule has 0 aliphatic heterocycles. The molecule has 3 rings (SSSR count). The third kappa shape index (κ3) is 5.07. The van der Waals surface area contributed by atoms with Crippen LogP contribution < -0.4 is 14.9 Å². The van der Waals surface area contributed by atoms with Crippen LogP contribution in [0.1, 0.15) is 21.5 Å². The Balaban J connectivity index is 1.81. The van der Waals surface area contributed by atoms with E-state index in [1.807, 2.05) is 0 Å². The van der Waals surface area contributed by atoms with Crippen molar-refractivity contribution in [3.8, 4) is 11.5 Å². The van der Waals surface area contributed by atoms with Gasteiger partial charge in [-0.2, -0.15) is 5.10 Å². The number of methoxy groups -OCH3 is 1. The van der Waals surface area contributed by atoms with Crippen LogP contribution in [0.25, 0.3) is 0 Å². The first-order valence-corrected chi connectivity index (χ1v) is 9.22. The van der Waals surface area contributed by atoms with Crippen molar-refractivity contribution in [1.29, 1.82) is 0 Å². The first-order valence-electron chi connectivity index (χ1n) is 8.84. The molecule has 0 bridgehead atoms. The van der Waals surface area contributed by atoms with Crippen molar-refractivity contribution in [2.45, 2.75) is 6.61 Å². The summed E-state index contributed by atoms with van der Waals surface area (Å²) in [6, 6.07) is 15.9. The molecule has 8 heteroatoms. The van der Waals surface area contributed by atoms with Gasteiger partial charge in [0.25, 0.3) is 0 Å². The van der Waals surface area contributed by atoms with Gasteiger partial charge in [0.1, 0.15) is 12.4 Å². The summed E-state index contributed by atoms with van der Waals surface area (Å²) in [5.41, 5.74) is 4.23. The van der Waals surface area contributed by atoms with Crippen LogP contribution in [-0.2, 0) is 6.61 Å². The van der Waals surface area contributed by atoms with Gasteiger partial charge in [0.2, 0.25) is 0 Å². The lowest BCUT2D eigenvalue weighted by Crippen LogP contribution is -2.04. The summed E-state index contributed by atoms with van der Waals surface area (Å²) in [5, 5.41) is 13.5. The Morgan fingerprint density at radius 3 is 2.70 bits per heavy atom. The second kappa shape index (κ2) is 9.76. The number of hydrazone groups is 1. The fourth-order valence-electron chi connectivity index (χ4n) is 2.66. The van der Waals surface area contributed by atoms with Gasteiger partial charge in [0, 0.05) is 11.1 Å². The Morgan fingerprint density at radius 2 is 1.97 bits per heavy atom. The molecule has 0 amide bonds. The maximum Gasteiger partial charge on any atom is 0.335 e. The van der Waals surface area contributed by atoms with E-state index in [0.717, 1.165) is 0 Å². The van der Waals surface area contributed by atoms with Gasteiger partial charge in [-0.15, -0.1) is 0 Å². The zero-order valence-electron chi connectivity index (χ0n) is 15.9. The lowest BCUT2D eigenvalue weighted by atomic mass is 10.2. The number of nitrogens with zero attached hydrogens (tertiary/aromatic N) is 1. The van der Waals surface area contributed by atoms with Crippen LogP contribution in [0.3, 0.4) is 0 Å². The number of ether oxygens (including phenoxy) is 2. The molecule has 0 atom stereocenters. The molecule has 0 saturated heterocycles. The Hall–Kier alpha value is -3.58. The van der Waals surface area contributed by atoms with Gasteiger partial charge in [-0.25, -0.2) is 9.18 Å². The van der Waals surface area contributed by atoms with E-state index in [1.165, 1.54) is 37.6 Å². The zero-order valence-corrected chi connectivity index (χ0v) is 16.7. The van der Waals surface area contributed by atoms with Gasteiger partial charge in [0.15, 0.2) is 11.5 Å². The van der Waals surface area contributed by atoms with Crippen LogP contribution in [0, 0.1) is 5.82 Å². The summed E-state index contributed by atoms with van der Waals surface area (Å²) < 4.78 is 25.2. The van der Waals surface area contributed by atoms with E-state index >= 15 is 0 Å². The average molecular weight is 429 g/mol. The van der Waals surface area contributed by atoms with Gasteiger partial charge in [-0.1, -0.05) is 29.8 Å². The fourth-order valence-corrected chi connectivity index (χ4v) is 2.88. The number of carbonyl (C=O) groups is 1. The third-order valence-corrected chi connectivity index (χ3v) is 4.51. The van der Waals surface area contributed by atoms with Crippen LogP contribution in [0.2, 0.25) is 5.02 Å². The van der Waals surface area contributed by atoms with Crippen molar-refractivity contribution in [2.24, 2.45) is 5.10 Å². The minimum atomic E-state index is -1.03. The Labute approximate surface area is 177 Å². The number of para-hydroxylation sites is 1. The Kier molecular flexibility index (Phi) is 6.87. The van der Waals surface area contributed by atoms with Crippen molar-refractivity contribution in [3.05, 3.63) is 88.2 Å². The van der Waals surface area contributed by atoms with Crippen LogP contribution in [0.4, 0.5) is 10.1 Å². The molecular formula is C22H18ClFN2O4. The van der Waals surface area contributed by atoms with E-state index in [1.54, 1.807) is 36.4 Å². The number of carboxylic acid groups (broad SMARTS) is 1. The molecule has 0 radical (unpaired) electrons. The molecule has 0 saturated carbocycles. The van der Waals surface area contributed by atoms with Crippen LogP contribution in [0.15, 0.2) is 65.8 Å². The molecule has 0 aromatic heterocycles. The van der Waals surface area contributed by atoms with Crippen LogP contribution in [0.5, 0.6) is 11.5 Å². The van der Waals surface area contributed by atoms with Crippen LogP contribution in [-0.4, -0.2) is 24.4 Å². The number of rotatable bonds is 8. The molecule has 30 heavy (non-hydrogen) atoms. The smallest absolute Gasteiger partial charge is 0.335 e. The molecule has 3 aromatic rings. The number of nitrogens with one attached hydrogen (secondary N) is 1. The molecular weight excluding hydrogens is 411 g/mol. The molecule has 0 aliphatic carbocycles. The standard InChI is InChI=1S/C22H18ClFN2O4/c1-29-20-10-3-6-15(12-25-26-16-7-2-5-14(11-16)22(27)28)21(20)30-13-17-18(23)8-4-9-19(17)24/h2-12,26H,13H2,1H3,(H,27,28). The maximum absolute atomic E-state index is 14.0. The van der Waals surface area contributed by atoms with Gasteiger partial charge >= 0.3 is 5.97 Å².